The molecule has 1 aromatic carbocycles. The first kappa shape index (κ1) is 13.2. The molecule has 0 bridgehead atoms. The second kappa shape index (κ2) is 4.66. The molecule has 3 rings (SSSR count). The quantitative estimate of drug-likeness (QED) is 0.703. The lowest BCUT2D eigenvalue weighted by Gasteiger charge is -2.09. The number of fused-ring (bicyclic) bond motifs is 1. The van der Waals surface area contributed by atoms with Crippen molar-refractivity contribution in [2.45, 2.75) is 6.92 Å². The van der Waals surface area contributed by atoms with Crippen LogP contribution in [0.25, 0.3) is 22.2 Å². The van der Waals surface area contributed by atoms with Crippen LogP contribution in [0.5, 0.6) is 5.75 Å². The van der Waals surface area contributed by atoms with Gasteiger partial charge in [0.15, 0.2) is 0 Å². The molecule has 2 aromatic heterocycles. The molecule has 3 aromatic rings. The van der Waals surface area contributed by atoms with E-state index in [0.29, 0.717) is 23.1 Å². The third-order valence-electron chi connectivity index (χ3n) is 3.47. The zero-order valence-electron chi connectivity index (χ0n) is 12.2. The molecule has 0 amide bonds. The summed E-state index contributed by atoms with van der Waals surface area (Å²) >= 11 is 0. The molecule has 0 fully saturated rings. The summed E-state index contributed by atoms with van der Waals surface area (Å²) in [6, 6.07) is 5.55. The lowest BCUT2D eigenvalue weighted by atomic mass is 10.0. The topological polar surface area (TPSA) is 92.0 Å². The first-order chi connectivity index (χ1) is 10.0. The summed E-state index contributed by atoms with van der Waals surface area (Å²) in [5.74, 6) is 1.81. The van der Waals surface area contributed by atoms with Crippen LogP contribution in [-0.2, 0) is 7.05 Å². The summed E-state index contributed by atoms with van der Waals surface area (Å²) in [6.07, 6.45) is 1.98. The van der Waals surface area contributed by atoms with Gasteiger partial charge >= 0.3 is 0 Å². The Morgan fingerprint density at radius 3 is 2.62 bits per heavy atom. The van der Waals surface area contributed by atoms with Crippen molar-refractivity contribution < 1.29 is 4.74 Å². The predicted octanol–water partition coefficient (Wildman–Crippen LogP) is 2.12. The average molecular weight is 283 g/mol. The van der Waals surface area contributed by atoms with Gasteiger partial charge in [-0.3, -0.25) is 0 Å². The van der Waals surface area contributed by atoms with Crippen molar-refractivity contribution in [1.29, 1.82) is 0 Å². The van der Waals surface area contributed by atoms with Gasteiger partial charge in [0.25, 0.3) is 0 Å². The summed E-state index contributed by atoms with van der Waals surface area (Å²) in [5, 5.41) is 0.825. The Morgan fingerprint density at radius 1 is 1.14 bits per heavy atom. The molecule has 0 saturated heterocycles. The fourth-order valence-electron chi connectivity index (χ4n) is 2.55. The Kier molecular flexibility index (Phi) is 2.94. The van der Waals surface area contributed by atoms with Gasteiger partial charge in [0.05, 0.1) is 12.5 Å². The van der Waals surface area contributed by atoms with Crippen LogP contribution in [0.4, 0.5) is 11.5 Å². The van der Waals surface area contributed by atoms with Gasteiger partial charge < -0.3 is 20.8 Å². The number of nitrogens with two attached hydrogens (primary N) is 2. The largest absolute Gasteiger partial charge is 0.496 e. The maximum absolute atomic E-state index is 6.10. The van der Waals surface area contributed by atoms with E-state index >= 15 is 0 Å². The van der Waals surface area contributed by atoms with Crippen molar-refractivity contribution in [3.63, 3.8) is 0 Å². The SMILES string of the molecule is COc1cc(N)ccc1-c1cn(C)c2nc(C)nc(N)c12. The third kappa shape index (κ3) is 2.05. The zero-order chi connectivity index (χ0) is 15.1. The molecule has 6 nitrogen and oxygen atoms in total. The first-order valence-corrected chi connectivity index (χ1v) is 6.54. The normalized spacial score (nSPS) is 11.0. The Labute approximate surface area is 122 Å². The van der Waals surface area contributed by atoms with Gasteiger partial charge in [-0.05, 0) is 19.1 Å². The molecule has 21 heavy (non-hydrogen) atoms. The minimum absolute atomic E-state index is 0.465. The molecule has 4 N–H and O–H groups in total. The number of nitrogen functional groups attached to an aromatic ring is 2. The van der Waals surface area contributed by atoms with Crippen molar-refractivity contribution >= 4 is 22.5 Å². The molecule has 0 aliphatic heterocycles. The van der Waals surface area contributed by atoms with E-state index in [1.807, 2.05) is 36.9 Å². The zero-order valence-corrected chi connectivity index (χ0v) is 12.2. The molecular formula is C15H17N5O. The van der Waals surface area contributed by atoms with Crippen LogP contribution in [0.15, 0.2) is 24.4 Å². The van der Waals surface area contributed by atoms with E-state index in [9.17, 15) is 0 Å². The number of methoxy groups -OCH3 is 1. The molecule has 0 unspecified atom stereocenters. The summed E-state index contributed by atoms with van der Waals surface area (Å²) in [6.45, 7) is 1.83. The van der Waals surface area contributed by atoms with E-state index in [0.717, 1.165) is 22.2 Å². The minimum Gasteiger partial charge on any atom is -0.496 e. The molecule has 6 heteroatoms. The molecular weight excluding hydrogens is 266 g/mol. The second-order valence-electron chi connectivity index (χ2n) is 4.97. The van der Waals surface area contributed by atoms with Gasteiger partial charge in [-0.25, -0.2) is 9.97 Å². The fourth-order valence-corrected chi connectivity index (χ4v) is 2.55. The number of aromatic nitrogens is 3. The predicted molar refractivity (Wildman–Crippen MR) is 84.1 cm³/mol. The van der Waals surface area contributed by atoms with Gasteiger partial charge in [-0.2, -0.15) is 0 Å². The highest BCUT2D eigenvalue weighted by atomic mass is 16.5. The third-order valence-corrected chi connectivity index (χ3v) is 3.47. The number of benzene rings is 1. The van der Waals surface area contributed by atoms with Crippen LogP contribution in [0.2, 0.25) is 0 Å². The number of ether oxygens (including phenoxy) is 1. The van der Waals surface area contributed by atoms with E-state index < -0.39 is 0 Å². The molecule has 108 valence electrons. The Hall–Kier alpha value is -2.76. The van der Waals surface area contributed by atoms with E-state index in [1.165, 1.54) is 0 Å². The summed E-state index contributed by atoms with van der Waals surface area (Å²) in [5.41, 5.74) is 15.2. The van der Waals surface area contributed by atoms with E-state index in [4.69, 9.17) is 16.2 Å². The molecule has 0 atom stereocenters. The van der Waals surface area contributed by atoms with E-state index in [1.54, 1.807) is 13.2 Å². The standard InChI is InChI=1S/C15H17N5O/c1-8-18-14(17)13-11(7-20(2)15(13)19-8)10-5-4-9(16)6-12(10)21-3/h4-7H,16H2,1-3H3,(H2,17,18,19). The first-order valence-electron chi connectivity index (χ1n) is 6.54. The average Bonchev–Trinajstić information content (AvgIpc) is 2.76. The fraction of sp³-hybridized carbons (Fsp3) is 0.200. The second-order valence-corrected chi connectivity index (χ2v) is 4.97. The Bertz CT molecular complexity index is 838. The number of anilines is 2. The van der Waals surface area contributed by atoms with Gasteiger partial charge in [-0.1, -0.05) is 0 Å². The van der Waals surface area contributed by atoms with Crippen molar-refractivity contribution in [3.8, 4) is 16.9 Å². The van der Waals surface area contributed by atoms with Gasteiger partial charge in [0, 0.05) is 36.1 Å². The van der Waals surface area contributed by atoms with Crippen LogP contribution in [0, 0.1) is 6.92 Å². The molecule has 0 spiro atoms. The lowest BCUT2D eigenvalue weighted by Crippen LogP contribution is -1.98. The van der Waals surface area contributed by atoms with Crippen LogP contribution in [0.3, 0.4) is 0 Å². The summed E-state index contributed by atoms with van der Waals surface area (Å²) in [4.78, 5) is 8.72. The highest BCUT2D eigenvalue weighted by Gasteiger charge is 2.17. The van der Waals surface area contributed by atoms with Gasteiger partial charge in [0.2, 0.25) is 0 Å². The van der Waals surface area contributed by atoms with Crippen LogP contribution in [0.1, 0.15) is 5.82 Å². The highest BCUT2D eigenvalue weighted by Crippen LogP contribution is 2.38. The van der Waals surface area contributed by atoms with Crippen LogP contribution >= 0.6 is 0 Å². The number of hydrogen-bond donors (Lipinski definition) is 2. The highest BCUT2D eigenvalue weighted by molar-refractivity contribution is 6.02. The van der Waals surface area contributed by atoms with Crippen molar-refractivity contribution in [2.24, 2.45) is 7.05 Å². The molecule has 0 aliphatic rings. The molecule has 0 aliphatic carbocycles. The van der Waals surface area contributed by atoms with Gasteiger partial charge in [-0.15, -0.1) is 0 Å². The summed E-state index contributed by atoms with van der Waals surface area (Å²) in [7, 11) is 3.55. The van der Waals surface area contributed by atoms with Crippen molar-refractivity contribution in [1.82, 2.24) is 14.5 Å². The summed E-state index contributed by atoms with van der Waals surface area (Å²) < 4.78 is 7.37. The lowest BCUT2D eigenvalue weighted by molar-refractivity contribution is 0.416. The number of nitrogens with zero attached hydrogens (tertiary/aromatic N) is 3. The number of hydrogen-bond acceptors (Lipinski definition) is 5. The van der Waals surface area contributed by atoms with Crippen LogP contribution < -0.4 is 16.2 Å². The molecule has 0 saturated carbocycles. The number of aryl methyl sites for hydroxylation is 2. The van der Waals surface area contributed by atoms with Crippen molar-refractivity contribution in [3.05, 3.63) is 30.2 Å². The molecule has 0 radical (unpaired) electrons. The van der Waals surface area contributed by atoms with Crippen molar-refractivity contribution in [2.75, 3.05) is 18.6 Å². The number of rotatable bonds is 2. The van der Waals surface area contributed by atoms with Crippen LogP contribution in [-0.4, -0.2) is 21.6 Å². The van der Waals surface area contributed by atoms with Gasteiger partial charge in [0.1, 0.15) is 23.0 Å². The monoisotopic (exact) mass is 283 g/mol. The van der Waals surface area contributed by atoms with E-state index in [-0.39, 0.29) is 0 Å². The Balaban J connectivity index is 2.36. The smallest absolute Gasteiger partial charge is 0.146 e. The van der Waals surface area contributed by atoms with E-state index in [2.05, 4.69) is 9.97 Å². The maximum Gasteiger partial charge on any atom is 0.146 e. The minimum atomic E-state index is 0.465. The molecule has 2 heterocycles. The Morgan fingerprint density at radius 2 is 1.90 bits per heavy atom. The maximum atomic E-state index is 6.10.